The van der Waals surface area contributed by atoms with Gasteiger partial charge in [-0.15, -0.1) is 11.3 Å². The van der Waals surface area contributed by atoms with Gasteiger partial charge in [0, 0.05) is 17.8 Å². The molecule has 0 saturated carbocycles. The van der Waals surface area contributed by atoms with Crippen molar-refractivity contribution in [2.24, 2.45) is 5.92 Å². The van der Waals surface area contributed by atoms with Gasteiger partial charge in [0.15, 0.2) is 5.13 Å². The van der Waals surface area contributed by atoms with Crippen LogP contribution < -0.4 is 5.32 Å². The van der Waals surface area contributed by atoms with Crippen molar-refractivity contribution in [3.05, 3.63) is 10.6 Å². The molecule has 1 aliphatic heterocycles. The number of rotatable bonds is 6. The summed E-state index contributed by atoms with van der Waals surface area (Å²) in [5.41, 5.74) is 1.16. The van der Waals surface area contributed by atoms with Crippen LogP contribution in [0.5, 0.6) is 0 Å². The lowest BCUT2D eigenvalue weighted by atomic mass is 9.93. The molecule has 1 aromatic heterocycles. The van der Waals surface area contributed by atoms with E-state index in [9.17, 15) is 9.59 Å². The predicted molar refractivity (Wildman–Crippen MR) is 93.4 cm³/mol. The van der Waals surface area contributed by atoms with Crippen LogP contribution >= 0.6 is 11.3 Å². The van der Waals surface area contributed by atoms with E-state index < -0.39 is 5.97 Å². The SMILES string of the molecule is O=C(O)CCC1CCCN(CC(=O)Nc2nc3c(s2)CCCC3)C1. The zero-order chi connectivity index (χ0) is 16.9. The summed E-state index contributed by atoms with van der Waals surface area (Å²) in [5, 5.41) is 12.5. The summed E-state index contributed by atoms with van der Waals surface area (Å²) in [4.78, 5) is 31.0. The zero-order valence-electron chi connectivity index (χ0n) is 13.9. The molecule has 2 N–H and O–H groups in total. The number of fused-ring (bicyclic) bond motifs is 1. The standard InChI is InChI=1S/C17H25N3O3S/c21-15(19-17-18-13-5-1-2-6-14(13)24-17)11-20-9-3-4-12(10-20)7-8-16(22)23/h12H,1-11H2,(H,22,23)(H,18,19,21). The number of nitrogens with zero attached hydrogens (tertiary/aromatic N) is 2. The smallest absolute Gasteiger partial charge is 0.303 e. The Labute approximate surface area is 146 Å². The highest BCUT2D eigenvalue weighted by Crippen LogP contribution is 2.29. The molecule has 1 saturated heterocycles. The molecule has 2 aliphatic rings. The van der Waals surface area contributed by atoms with Crippen LogP contribution in [0.3, 0.4) is 0 Å². The second-order valence-corrected chi connectivity index (χ2v) is 7.90. The zero-order valence-corrected chi connectivity index (χ0v) is 14.7. The molecule has 0 spiro atoms. The number of carboxylic acids is 1. The van der Waals surface area contributed by atoms with E-state index in [2.05, 4.69) is 15.2 Å². The van der Waals surface area contributed by atoms with Crippen molar-refractivity contribution >= 4 is 28.3 Å². The molecule has 24 heavy (non-hydrogen) atoms. The number of piperidine rings is 1. The monoisotopic (exact) mass is 351 g/mol. The van der Waals surface area contributed by atoms with Gasteiger partial charge in [-0.25, -0.2) is 4.98 Å². The number of aliphatic carboxylic acids is 1. The number of thiazole rings is 1. The van der Waals surface area contributed by atoms with E-state index in [-0.39, 0.29) is 12.3 Å². The van der Waals surface area contributed by atoms with Gasteiger partial charge in [-0.05, 0) is 57.4 Å². The minimum Gasteiger partial charge on any atom is -0.481 e. The Kier molecular flexibility index (Phi) is 5.84. The Morgan fingerprint density at radius 3 is 2.92 bits per heavy atom. The molecule has 1 atom stereocenters. The Hall–Kier alpha value is -1.47. The van der Waals surface area contributed by atoms with Gasteiger partial charge in [-0.1, -0.05) is 0 Å². The van der Waals surface area contributed by atoms with Crippen molar-refractivity contribution in [2.75, 3.05) is 25.0 Å². The first-order chi connectivity index (χ1) is 11.6. The van der Waals surface area contributed by atoms with Gasteiger partial charge < -0.3 is 10.4 Å². The summed E-state index contributed by atoms with van der Waals surface area (Å²) in [5.74, 6) is -0.368. The fraction of sp³-hybridized carbons (Fsp3) is 0.706. The highest BCUT2D eigenvalue weighted by molar-refractivity contribution is 7.15. The average Bonchev–Trinajstić information content (AvgIpc) is 2.95. The molecule has 7 heteroatoms. The van der Waals surface area contributed by atoms with Gasteiger partial charge in [0.05, 0.1) is 12.2 Å². The summed E-state index contributed by atoms with van der Waals surface area (Å²) in [6.07, 6.45) is 7.53. The molecule has 3 rings (SSSR count). The molecule has 1 fully saturated rings. The number of hydrogen-bond donors (Lipinski definition) is 2. The molecule has 1 unspecified atom stereocenters. The first-order valence-electron chi connectivity index (χ1n) is 8.82. The lowest BCUT2D eigenvalue weighted by Crippen LogP contribution is -2.40. The van der Waals surface area contributed by atoms with E-state index in [0.717, 1.165) is 49.6 Å². The number of nitrogens with one attached hydrogen (secondary N) is 1. The molecule has 1 amide bonds. The van der Waals surface area contributed by atoms with Gasteiger partial charge in [-0.2, -0.15) is 0 Å². The van der Waals surface area contributed by atoms with Gasteiger partial charge in [0.25, 0.3) is 0 Å². The second-order valence-electron chi connectivity index (χ2n) is 6.82. The number of likely N-dealkylation sites (tertiary alicyclic amines) is 1. The highest BCUT2D eigenvalue weighted by Gasteiger charge is 2.23. The largest absolute Gasteiger partial charge is 0.481 e. The Morgan fingerprint density at radius 2 is 2.12 bits per heavy atom. The quantitative estimate of drug-likeness (QED) is 0.823. The van der Waals surface area contributed by atoms with Crippen molar-refractivity contribution in [3.8, 4) is 0 Å². The first-order valence-corrected chi connectivity index (χ1v) is 9.64. The molecular formula is C17H25N3O3S. The normalized spacial score (nSPS) is 21.2. The van der Waals surface area contributed by atoms with Crippen LogP contribution in [0, 0.1) is 5.92 Å². The van der Waals surface area contributed by atoms with Gasteiger partial charge in [0.1, 0.15) is 0 Å². The Balaban J connectivity index is 1.47. The lowest BCUT2D eigenvalue weighted by molar-refractivity contribution is -0.137. The van der Waals surface area contributed by atoms with E-state index in [1.165, 1.54) is 17.7 Å². The summed E-state index contributed by atoms with van der Waals surface area (Å²) in [6.45, 7) is 2.09. The van der Waals surface area contributed by atoms with Crippen molar-refractivity contribution in [1.82, 2.24) is 9.88 Å². The number of aromatic nitrogens is 1. The Bertz CT molecular complexity index is 578. The minimum absolute atomic E-state index is 0.0139. The third-order valence-corrected chi connectivity index (χ3v) is 5.90. The fourth-order valence-corrected chi connectivity index (χ4v) is 4.69. The maximum Gasteiger partial charge on any atom is 0.303 e. The lowest BCUT2D eigenvalue weighted by Gasteiger charge is -2.31. The third kappa shape index (κ3) is 4.77. The van der Waals surface area contributed by atoms with Crippen LogP contribution in [-0.2, 0) is 22.4 Å². The fourth-order valence-electron chi connectivity index (χ4n) is 3.63. The van der Waals surface area contributed by atoms with Crippen molar-refractivity contribution in [1.29, 1.82) is 0 Å². The van der Waals surface area contributed by atoms with Crippen molar-refractivity contribution in [3.63, 3.8) is 0 Å². The van der Waals surface area contributed by atoms with Crippen molar-refractivity contribution in [2.45, 2.75) is 51.4 Å². The van der Waals surface area contributed by atoms with Crippen molar-refractivity contribution < 1.29 is 14.7 Å². The maximum absolute atomic E-state index is 12.3. The number of aryl methyl sites for hydroxylation is 2. The van der Waals surface area contributed by atoms with E-state index in [1.807, 2.05) is 0 Å². The summed E-state index contributed by atoms with van der Waals surface area (Å²) >= 11 is 1.61. The minimum atomic E-state index is -0.738. The topological polar surface area (TPSA) is 82.5 Å². The number of carbonyl (C=O) groups is 2. The molecule has 132 valence electrons. The van der Waals surface area contributed by atoms with Crippen LogP contribution in [0.4, 0.5) is 5.13 Å². The number of hydrogen-bond acceptors (Lipinski definition) is 5. The van der Waals surface area contributed by atoms with Crippen LogP contribution in [0.15, 0.2) is 0 Å². The Morgan fingerprint density at radius 1 is 1.29 bits per heavy atom. The summed E-state index contributed by atoms with van der Waals surface area (Å²) < 4.78 is 0. The van der Waals surface area contributed by atoms with E-state index >= 15 is 0 Å². The van der Waals surface area contributed by atoms with E-state index in [0.29, 0.717) is 18.9 Å². The maximum atomic E-state index is 12.3. The second kappa shape index (κ2) is 8.07. The predicted octanol–water partition coefficient (Wildman–Crippen LogP) is 2.54. The molecule has 0 aromatic carbocycles. The van der Waals surface area contributed by atoms with E-state index in [4.69, 9.17) is 5.11 Å². The number of carboxylic acid groups (broad SMARTS) is 1. The van der Waals surface area contributed by atoms with Gasteiger partial charge in [-0.3, -0.25) is 14.5 Å². The van der Waals surface area contributed by atoms with Crippen LogP contribution in [0.25, 0.3) is 0 Å². The average molecular weight is 351 g/mol. The third-order valence-electron chi connectivity index (χ3n) is 4.83. The molecular weight excluding hydrogens is 326 g/mol. The molecule has 1 aromatic rings. The van der Waals surface area contributed by atoms with Gasteiger partial charge >= 0.3 is 5.97 Å². The molecule has 6 nitrogen and oxygen atoms in total. The van der Waals surface area contributed by atoms with E-state index in [1.54, 1.807) is 11.3 Å². The van der Waals surface area contributed by atoms with Gasteiger partial charge in [0.2, 0.25) is 5.91 Å². The number of anilines is 1. The number of carbonyl (C=O) groups excluding carboxylic acids is 1. The molecule has 0 bridgehead atoms. The highest BCUT2D eigenvalue weighted by atomic mass is 32.1. The first kappa shape index (κ1) is 17.4. The molecule has 2 heterocycles. The summed E-state index contributed by atoms with van der Waals surface area (Å²) in [7, 11) is 0. The molecule has 1 aliphatic carbocycles. The molecule has 0 radical (unpaired) electrons. The number of amides is 1. The summed E-state index contributed by atoms with van der Waals surface area (Å²) in [6, 6.07) is 0. The van der Waals surface area contributed by atoms with Crippen LogP contribution in [0.1, 0.15) is 49.1 Å². The van der Waals surface area contributed by atoms with Crippen LogP contribution in [-0.4, -0.2) is 46.5 Å². The van der Waals surface area contributed by atoms with Crippen LogP contribution in [0.2, 0.25) is 0 Å².